The Morgan fingerprint density at radius 3 is 2.55 bits per heavy atom. The van der Waals surface area contributed by atoms with Crippen LogP contribution in [0.4, 0.5) is 5.69 Å². The molecule has 1 unspecified atom stereocenters. The fourth-order valence-electron chi connectivity index (χ4n) is 3.68. The quantitative estimate of drug-likeness (QED) is 0.682. The number of likely N-dealkylation sites (tertiary alicyclic amines) is 1. The van der Waals surface area contributed by atoms with Crippen molar-refractivity contribution < 1.29 is 19.0 Å². The molecule has 1 aliphatic rings. The van der Waals surface area contributed by atoms with E-state index in [0.29, 0.717) is 35.4 Å². The van der Waals surface area contributed by atoms with Gasteiger partial charge in [-0.2, -0.15) is 0 Å². The summed E-state index contributed by atoms with van der Waals surface area (Å²) in [7, 11) is 3.07. The van der Waals surface area contributed by atoms with Crippen LogP contribution in [-0.2, 0) is 4.79 Å². The van der Waals surface area contributed by atoms with Crippen molar-refractivity contribution in [3.8, 4) is 17.2 Å². The first-order valence-electron chi connectivity index (χ1n) is 9.73. The first-order valence-corrected chi connectivity index (χ1v) is 10.1. The zero-order valence-electron chi connectivity index (χ0n) is 17.0. The second-order valence-electron chi connectivity index (χ2n) is 6.87. The van der Waals surface area contributed by atoms with Crippen LogP contribution in [0.15, 0.2) is 36.4 Å². The summed E-state index contributed by atoms with van der Waals surface area (Å²) < 4.78 is 16.1. The van der Waals surface area contributed by atoms with Gasteiger partial charge in [0.05, 0.1) is 38.1 Å². The molecule has 0 aliphatic carbocycles. The van der Waals surface area contributed by atoms with Crippen LogP contribution in [0.25, 0.3) is 0 Å². The highest BCUT2D eigenvalue weighted by atomic mass is 35.5. The summed E-state index contributed by atoms with van der Waals surface area (Å²) in [4.78, 5) is 14.9. The number of carbonyl (C=O) groups is 1. The lowest BCUT2D eigenvalue weighted by Gasteiger charge is -2.24. The van der Waals surface area contributed by atoms with E-state index in [-0.39, 0.29) is 11.9 Å². The van der Waals surface area contributed by atoms with E-state index in [0.717, 1.165) is 25.1 Å². The van der Waals surface area contributed by atoms with Gasteiger partial charge in [0, 0.05) is 18.2 Å². The van der Waals surface area contributed by atoms with Crippen LogP contribution in [0.3, 0.4) is 0 Å². The number of hydrogen-bond donors (Lipinski definition) is 1. The molecule has 29 heavy (non-hydrogen) atoms. The average molecular weight is 419 g/mol. The van der Waals surface area contributed by atoms with Crippen LogP contribution in [0, 0.1) is 0 Å². The van der Waals surface area contributed by atoms with Crippen molar-refractivity contribution in [2.45, 2.75) is 25.8 Å². The van der Waals surface area contributed by atoms with E-state index < -0.39 is 0 Å². The van der Waals surface area contributed by atoms with Crippen molar-refractivity contribution in [1.29, 1.82) is 0 Å². The number of carbonyl (C=O) groups excluding carboxylic acids is 1. The normalized spacial score (nSPS) is 16.5. The third-order valence-corrected chi connectivity index (χ3v) is 5.33. The highest BCUT2D eigenvalue weighted by molar-refractivity contribution is 6.32. The highest BCUT2D eigenvalue weighted by Gasteiger charge is 2.28. The lowest BCUT2D eigenvalue weighted by Crippen LogP contribution is -2.33. The van der Waals surface area contributed by atoms with Gasteiger partial charge in [-0.1, -0.05) is 23.7 Å². The SMILES string of the molecule is CCOc1ccc(C2CCCN2CC(=O)Nc2cc(OC)c(Cl)cc2OC)cc1. The van der Waals surface area contributed by atoms with E-state index in [1.165, 1.54) is 19.8 Å². The summed E-state index contributed by atoms with van der Waals surface area (Å²) in [5.41, 5.74) is 1.74. The molecule has 7 heteroatoms. The number of ether oxygens (including phenoxy) is 3. The Bertz CT molecular complexity index is 841. The maximum Gasteiger partial charge on any atom is 0.238 e. The number of nitrogens with zero attached hydrogens (tertiary/aromatic N) is 1. The average Bonchev–Trinajstić information content (AvgIpc) is 3.17. The summed E-state index contributed by atoms with van der Waals surface area (Å²) in [6.07, 6.45) is 2.09. The molecule has 2 aromatic carbocycles. The lowest BCUT2D eigenvalue weighted by molar-refractivity contribution is -0.117. The topological polar surface area (TPSA) is 60.0 Å². The van der Waals surface area contributed by atoms with Gasteiger partial charge in [-0.05, 0) is 44.0 Å². The van der Waals surface area contributed by atoms with Gasteiger partial charge in [0.25, 0.3) is 0 Å². The van der Waals surface area contributed by atoms with Crippen molar-refractivity contribution in [2.75, 3.05) is 39.2 Å². The van der Waals surface area contributed by atoms with Crippen LogP contribution in [0.1, 0.15) is 31.4 Å². The van der Waals surface area contributed by atoms with E-state index in [2.05, 4.69) is 22.3 Å². The van der Waals surface area contributed by atoms with Crippen LogP contribution < -0.4 is 19.5 Å². The van der Waals surface area contributed by atoms with Crippen LogP contribution in [0.5, 0.6) is 17.2 Å². The van der Waals surface area contributed by atoms with Crippen LogP contribution in [0.2, 0.25) is 5.02 Å². The molecule has 1 aliphatic heterocycles. The fourth-order valence-corrected chi connectivity index (χ4v) is 3.91. The predicted molar refractivity (Wildman–Crippen MR) is 114 cm³/mol. The number of rotatable bonds is 8. The molecule has 0 saturated carbocycles. The molecule has 3 rings (SSSR count). The highest BCUT2D eigenvalue weighted by Crippen LogP contribution is 2.36. The molecule has 1 saturated heterocycles. The Labute approximate surface area is 176 Å². The summed E-state index contributed by atoms with van der Waals surface area (Å²) >= 11 is 6.14. The van der Waals surface area contributed by atoms with Gasteiger partial charge in [0.15, 0.2) is 0 Å². The molecular weight excluding hydrogens is 392 g/mol. The third-order valence-electron chi connectivity index (χ3n) is 5.03. The number of benzene rings is 2. The van der Waals surface area contributed by atoms with Crippen molar-refractivity contribution in [2.24, 2.45) is 0 Å². The van der Waals surface area contributed by atoms with Gasteiger partial charge in [0.2, 0.25) is 5.91 Å². The zero-order valence-corrected chi connectivity index (χ0v) is 17.8. The number of hydrogen-bond acceptors (Lipinski definition) is 5. The standard InChI is InChI=1S/C22H27ClN2O4/c1-4-29-16-9-7-15(8-10-16)19-6-5-11-25(19)14-22(26)24-18-13-20(27-2)17(23)12-21(18)28-3/h7-10,12-13,19H,4-6,11,14H2,1-3H3,(H,24,26). The van der Waals surface area contributed by atoms with E-state index in [9.17, 15) is 4.79 Å². The molecule has 1 atom stereocenters. The smallest absolute Gasteiger partial charge is 0.238 e. The van der Waals surface area contributed by atoms with E-state index in [1.807, 2.05) is 19.1 Å². The Balaban J connectivity index is 1.68. The van der Waals surface area contributed by atoms with Crippen molar-refractivity contribution >= 4 is 23.2 Å². The fraction of sp³-hybridized carbons (Fsp3) is 0.409. The number of anilines is 1. The molecule has 1 N–H and O–H groups in total. The molecule has 1 amide bonds. The molecule has 0 aromatic heterocycles. The summed E-state index contributed by atoms with van der Waals surface area (Å²) in [5, 5.41) is 3.35. The largest absolute Gasteiger partial charge is 0.495 e. The van der Waals surface area contributed by atoms with Gasteiger partial charge < -0.3 is 19.5 Å². The number of halogens is 1. The van der Waals surface area contributed by atoms with Gasteiger partial charge >= 0.3 is 0 Å². The third kappa shape index (κ3) is 5.14. The minimum absolute atomic E-state index is 0.106. The number of methoxy groups -OCH3 is 2. The van der Waals surface area contributed by atoms with E-state index in [1.54, 1.807) is 12.1 Å². The molecule has 0 bridgehead atoms. The van der Waals surface area contributed by atoms with Gasteiger partial charge in [-0.3, -0.25) is 9.69 Å². The Morgan fingerprint density at radius 1 is 1.17 bits per heavy atom. The van der Waals surface area contributed by atoms with Crippen LogP contribution >= 0.6 is 11.6 Å². The Morgan fingerprint density at radius 2 is 1.90 bits per heavy atom. The Kier molecular flexibility index (Phi) is 7.23. The minimum Gasteiger partial charge on any atom is -0.495 e. The molecule has 156 valence electrons. The summed E-state index contributed by atoms with van der Waals surface area (Å²) in [6, 6.07) is 11.7. The predicted octanol–water partition coefficient (Wildman–Crippen LogP) is 4.53. The molecular formula is C22H27ClN2O4. The molecule has 1 heterocycles. The van der Waals surface area contributed by atoms with Gasteiger partial charge in [-0.25, -0.2) is 0 Å². The van der Waals surface area contributed by atoms with Gasteiger partial charge in [-0.15, -0.1) is 0 Å². The number of nitrogens with one attached hydrogen (secondary N) is 1. The molecule has 0 radical (unpaired) electrons. The van der Waals surface area contributed by atoms with E-state index in [4.69, 9.17) is 25.8 Å². The molecule has 0 spiro atoms. The monoisotopic (exact) mass is 418 g/mol. The minimum atomic E-state index is -0.106. The first kappa shape index (κ1) is 21.3. The second kappa shape index (κ2) is 9.85. The Hall–Kier alpha value is -2.44. The zero-order chi connectivity index (χ0) is 20.8. The summed E-state index contributed by atoms with van der Waals surface area (Å²) in [6.45, 7) is 3.79. The lowest BCUT2D eigenvalue weighted by atomic mass is 10.0. The van der Waals surface area contributed by atoms with E-state index >= 15 is 0 Å². The number of amides is 1. The molecule has 6 nitrogen and oxygen atoms in total. The maximum atomic E-state index is 12.7. The van der Waals surface area contributed by atoms with Crippen molar-refractivity contribution in [1.82, 2.24) is 4.90 Å². The molecule has 2 aromatic rings. The second-order valence-corrected chi connectivity index (χ2v) is 7.27. The van der Waals surface area contributed by atoms with Crippen LogP contribution in [-0.4, -0.2) is 44.7 Å². The van der Waals surface area contributed by atoms with Gasteiger partial charge in [0.1, 0.15) is 17.2 Å². The summed E-state index contributed by atoms with van der Waals surface area (Å²) in [5.74, 6) is 1.73. The van der Waals surface area contributed by atoms with Crippen molar-refractivity contribution in [3.05, 3.63) is 47.0 Å². The first-order chi connectivity index (χ1) is 14.0. The molecule has 1 fully saturated rings. The van der Waals surface area contributed by atoms with Crippen molar-refractivity contribution in [3.63, 3.8) is 0 Å². The maximum absolute atomic E-state index is 12.7.